The van der Waals surface area contributed by atoms with Crippen LogP contribution in [0.2, 0.25) is 12.6 Å². The second kappa shape index (κ2) is 9.28. The molecule has 0 bridgehead atoms. The predicted octanol–water partition coefficient (Wildman–Crippen LogP) is 4.94. The smallest absolute Gasteiger partial charge is 0.158 e. The zero-order chi connectivity index (χ0) is 16.6. The molecule has 0 heterocycles. The zero-order valence-corrected chi connectivity index (χ0v) is 16.7. The first-order valence-electron chi connectivity index (χ1n) is 8.58. The molecule has 0 saturated carbocycles. The fraction of sp³-hybridized carbons (Fsp3) is 1.00. The molecule has 3 nitrogen and oxygen atoms in total. The number of methoxy groups -OCH3 is 3. The molecule has 1 atom stereocenters. The van der Waals surface area contributed by atoms with Crippen molar-refractivity contribution in [2.45, 2.75) is 89.4 Å². The highest BCUT2D eigenvalue weighted by molar-refractivity contribution is 6.83. The minimum absolute atomic E-state index is 0.0749. The standard InChI is InChI=1S/C17H38O3Si/c1-9-13-16(18-5,14-10-2)21(8,15-11-3)17(12-4,19-6)20-7/h9-15H2,1-8H3. The monoisotopic (exact) mass is 318 g/mol. The van der Waals surface area contributed by atoms with Crippen molar-refractivity contribution in [3.05, 3.63) is 0 Å². The van der Waals surface area contributed by atoms with Gasteiger partial charge in [-0.15, -0.1) is 0 Å². The van der Waals surface area contributed by atoms with Crippen LogP contribution in [0.3, 0.4) is 0 Å². The molecule has 0 rings (SSSR count). The molecular formula is C17H38O3Si. The van der Waals surface area contributed by atoms with E-state index in [1.807, 2.05) is 7.11 Å². The van der Waals surface area contributed by atoms with Gasteiger partial charge in [0.15, 0.2) is 13.5 Å². The average Bonchev–Trinajstić information content (AvgIpc) is 2.49. The highest BCUT2D eigenvalue weighted by Gasteiger charge is 2.61. The van der Waals surface area contributed by atoms with Crippen LogP contribution in [0.25, 0.3) is 0 Å². The van der Waals surface area contributed by atoms with E-state index < -0.39 is 13.5 Å². The SMILES string of the molecule is CCCC(CCC)(OC)[Si](C)(CCC)C(CC)(OC)OC. The molecule has 0 aromatic rings. The lowest BCUT2D eigenvalue weighted by Crippen LogP contribution is -2.72. The maximum Gasteiger partial charge on any atom is 0.158 e. The van der Waals surface area contributed by atoms with E-state index in [0.29, 0.717) is 0 Å². The van der Waals surface area contributed by atoms with Gasteiger partial charge in [-0.2, -0.15) is 0 Å². The quantitative estimate of drug-likeness (QED) is 0.377. The first kappa shape index (κ1) is 21.1. The normalized spacial score (nSPS) is 16.0. The third-order valence-corrected chi connectivity index (χ3v) is 12.1. The molecule has 4 heteroatoms. The minimum Gasteiger partial charge on any atom is -0.381 e. The molecule has 0 aliphatic rings. The van der Waals surface area contributed by atoms with Crippen LogP contribution in [0.4, 0.5) is 0 Å². The molecular weight excluding hydrogens is 280 g/mol. The van der Waals surface area contributed by atoms with Crippen molar-refractivity contribution >= 4 is 8.07 Å². The van der Waals surface area contributed by atoms with Gasteiger partial charge in [0.25, 0.3) is 0 Å². The Morgan fingerprint density at radius 2 is 1.24 bits per heavy atom. The second-order valence-corrected chi connectivity index (χ2v) is 11.1. The lowest BCUT2D eigenvalue weighted by Gasteiger charge is -2.55. The highest BCUT2D eigenvalue weighted by Crippen LogP contribution is 2.46. The van der Waals surface area contributed by atoms with Crippen LogP contribution < -0.4 is 0 Å². The molecule has 0 spiro atoms. The van der Waals surface area contributed by atoms with Crippen LogP contribution in [-0.2, 0) is 14.2 Å². The molecule has 0 aliphatic carbocycles. The molecule has 0 aromatic carbocycles. The number of ether oxygens (including phenoxy) is 3. The predicted molar refractivity (Wildman–Crippen MR) is 93.3 cm³/mol. The van der Waals surface area contributed by atoms with Crippen molar-refractivity contribution in [2.75, 3.05) is 21.3 Å². The Hall–Kier alpha value is 0.0969. The maximum absolute atomic E-state index is 6.25. The van der Waals surface area contributed by atoms with Crippen LogP contribution in [0.1, 0.15) is 66.2 Å². The van der Waals surface area contributed by atoms with Gasteiger partial charge in [-0.3, -0.25) is 0 Å². The highest BCUT2D eigenvalue weighted by atomic mass is 28.3. The van der Waals surface area contributed by atoms with Gasteiger partial charge in [0, 0.05) is 21.3 Å². The molecule has 0 radical (unpaired) electrons. The summed E-state index contributed by atoms with van der Waals surface area (Å²) in [4.78, 5) is 0. The Morgan fingerprint density at radius 1 is 0.762 bits per heavy atom. The van der Waals surface area contributed by atoms with E-state index in [-0.39, 0.29) is 5.22 Å². The van der Waals surface area contributed by atoms with Crippen molar-refractivity contribution in [3.8, 4) is 0 Å². The van der Waals surface area contributed by atoms with Crippen molar-refractivity contribution in [1.82, 2.24) is 0 Å². The Morgan fingerprint density at radius 3 is 1.48 bits per heavy atom. The largest absolute Gasteiger partial charge is 0.381 e. The fourth-order valence-corrected chi connectivity index (χ4v) is 10.7. The lowest BCUT2D eigenvalue weighted by molar-refractivity contribution is -0.162. The molecule has 0 aromatic heterocycles. The lowest BCUT2D eigenvalue weighted by atomic mass is 10.1. The van der Waals surface area contributed by atoms with Crippen LogP contribution >= 0.6 is 0 Å². The third-order valence-electron chi connectivity index (χ3n) is 5.42. The van der Waals surface area contributed by atoms with E-state index in [1.54, 1.807) is 14.2 Å². The number of hydrogen-bond donors (Lipinski definition) is 0. The van der Waals surface area contributed by atoms with Crippen LogP contribution in [0.15, 0.2) is 0 Å². The molecule has 0 saturated heterocycles. The first-order valence-corrected chi connectivity index (χ1v) is 11.3. The van der Waals surface area contributed by atoms with Gasteiger partial charge in [0.05, 0.1) is 5.22 Å². The van der Waals surface area contributed by atoms with Gasteiger partial charge < -0.3 is 14.2 Å². The summed E-state index contributed by atoms with van der Waals surface area (Å²) in [7, 11) is 3.47. The summed E-state index contributed by atoms with van der Waals surface area (Å²) in [6, 6.07) is 1.16. The van der Waals surface area contributed by atoms with Gasteiger partial charge >= 0.3 is 0 Å². The van der Waals surface area contributed by atoms with Gasteiger partial charge in [-0.25, -0.2) is 0 Å². The Kier molecular flexibility index (Phi) is 9.33. The molecule has 21 heavy (non-hydrogen) atoms. The summed E-state index contributed by atoms with van der Waals surface area (Å²) in [5, 5.41) is -0.0749. The summed E-state index contributed by atoms with van der Waals surface area (Å²) in [5.41, 5.74) is -0.469. The fourth-order valence-electron chi connectivity index (χ4n) is 4.39. The molecule has 0 fully saturated rings. The van der Waals surface area contributed by atoms with Crippen molar-refractivity contribution in [3.63, 3.8) is 0 Å². The topological polar surface area (TPSA) is 27.7 Å². The van der Waals surface area contributed by atoms with Crippen molar-refractivity contribution < 1.29 is 14.2 Å². The van der Waals surface area contributed by atoms with E-state index in [1.165, 1.54) is 0 Å². The summed E-state index contributed by atoms with van der Waals surface area (Å²) in [6.07, 6.45) is 6.47. The van der Waals surface area contributed by atoms with E-state index >= 15 is 0 Å². The van der Waals surface area contributed by atoms with Gasteiger partial charge in [-0.1, -0.05) is 59.5 Å². The molecule has 0 N–H and O–H groups in total. The maximum atomic E-state index is 6.25. The summed E-state index contributed by atoms with van der Waals surface area (Å²) >= 11 is 0. The third kappa shape index (κ3) is 3.71. The Labute approximate surface area is 133 Å². The van der Waals surface area contributed by atoms with Gasteiger partial charge in [-0.05, 0) is 19.3 Å². The summed E-state index contributed by atoms with van der Waals surface area (Å²) in [6.45, 7) is 11.4. The Bertz CT molecular complexity index is 265. The van der Waals surface area contributed by atoms with E-state index in [4.69, 9.17) is 14.2 Å². The first-order chi connectivity index (χ1) is 9.92. The number of hydrogen-bond acceptors (Lipinski definition) is 3. The van der Waals surface area contributed by atoms with E-state index in [9.17, 15) is 0 Å². The molecule has 0 amide bonds. The van der Waals surface area contributed by atoms with Crippen LogP contribution in [0.5, 0.6) is 0 Å². The molecule has 0 aliphatic heterocycles. The van der Waals surface area contributed by atoms with Crippen LogP contribution in [-0.4, -0.2) is 40.0 Å². The summed E-state index contributed by atoms with van der Waals surface area (Å²) in [5.74, 6) is 0. The van der Waals surface area contributed by atoms with Gasteiger partial charge in [0.1, 0.15) is 0 Å². The van der Waals surface area contributed by atoms with E-state index in [0.717, 1.165) is 44.6 Å². The van der Waals surface area contributed by atoms with Crippen molar-refractivity contribution in [1.29, 1.82) is 0 Å². The zero-order valence-electron chi connectivity index (χ0n) is 15.7. The second-order valence-electron chi connectivity index (χ2n) is 6.30. The Balaban J connectivity index is 6.07. The molecule has 128 valence electrons. The number of rotatable bonds is 12. The van der Waals surface area contributed by atoms with E-state index in [2.05, 4.69) is 34.2 Å². The molecule has 1 unspecified atom stereocenters. The van der Waals surface area contributed by atoms with Crippen molar-refractivity contribution in [2.24, 2.45) is 0 Å². The average molecular weight is 319 g/mol. The van der Waals surface area contributed by atoms with Gasteiger partial charge in [0.2, 0.25) is 0 Å². The van der Waals surface area contributed by atoms with Crippen LogP contribution in [0, 0.1) is 0 Å². The minimum atomic E-state index is -2.02. The summed E-state index contributed by atoms with van der Waals surface area (Å²) < 4.78 is 18.3.